The van der Waals surface area contributed by atoms with Crippen LogP contribution in [0.1, 0.15) is 18.2 Å². The summed E-state index contributed by atoms with van der Waals surface area (Å²) in [7, 11) is 0.0755. The fraction of sp³-hybridized carbons (Fsp3) is 0.312. The van der Waals surface area contributed by atoms with Gasteiger partial charge in [-0.05, 0) is 30.7 Å². The van der Waals surface area contributed by atoms with E-state index in [2.05, 4.69) is 4.98 Å². The van der Waals surface area contributed by atoms with Crippen LogP contribution in [0.3, 0.4) is 0 Å². The Hall–Kier alpha value is -1.53. The van der Waals surface area contributed by atoms with Crippen molar-refractivity contribution in [3.63, 3.8) is 0 Å². The number of hydrogen-bond donors (Lipinski definition) is 0. The summed E-state index contributed by atoms with van der Waals surface area (Å²) in [5.41, 5.74) is 1.01. The van der Waals surface area contributed by atoms with Gasteiger partial charge >= 0.3 is 14.8 Å². The molecule has 1 unspecified atom stereocenters. The molecule has 0 saturated heterocycles. The highest BCUT2D eigenvalue weighted by atomic mass is 31.2. The van der Waals surface area contributed by atoms with Gasteiger partial charge in [-0.1, -0.05) is 18.2 Å². The SMILES string of the molecule is CCOP(OC)OCc1ccc(-c2cccc(C(F)(F)F)c2)cn1. The average molecular weight is 359 g/mol. The minimum Gasteiger partial charge on any atom is -0.316 e. The number of aromatic nitrogens is 1. The van der Waals surface area contributed by atoms with Crippen LogP contribution in [0.15, 0.2) is 42.6 Å². The predicted octanol–water partition coefficient (Wildman–Crippen LogP) is 5.19. The molecule has 4 nitrogen and oxygen atoms in total. The third-order valence-corrected chi connectivity index (χ3v) is 4.16. The van der Waals surface area contributed by atoms with Crippen molar-refractivity contribution in [2.75, 3.05) is 13.7 Å². The molecule has 0 amide bonds. The zero-order valence-corrected chi connectivity index (χ0v) is 14.1. The van der Waals surface area contributed by atoms with Crippen molar-refractivity contribution in [3.8, 4) is 11.1 Å². The van der Waals surface area contributed by atoms with Crippen LogP contribution in [0, 0.1) is 0 Å². The summed E-state index contributed by atoms with van der Waals surface area (Å²) in [6, 6.07) is 8.54. The van der Waals surface area contributed by atoms with Gasteiger partial charge in [0.05, 0.1) is 24.5 Å². The molecule has 0 fully saturated rings. The minimum absolute atomic E-state index is 0.197. The summed E-state index contributed by atoms with van der Waals surface area (Å²) in [4.78, 5) is 4.21. The standard InChI is InChI=1S/C16H17F3NO3P/c1-3-22-24(21-2)23-11-15-8-7-13(10-20-15)12-5-4-6-14(9-12)16(17,18)19/h4-10H,3,11H2,1-2H3. The zero-order chi connectivity index (χ0) is 17.6. The molecule has 2 aromatic rings. The van der Waals surface area contributed by atoms with Gasteiger partial charge in [-0.3, -0.25) is 4.98 Å². The third kappa shape index (κ3) is 5.24. The van der Waals surface area contributed by atoms with Crippen LogP contribution in [0.25, 0.3) is 11.1 Å². The molecule has 0 N–H and O–H groups in total. The van der Waals surface area contributed by atoms with Gasteiger partial charge in [0, 0.05) is 18.9 Å². The molecule has 1 aromatic heterocycles. The van der Waals surface area contributed by atoms with Crippen molar-refractivity contribution in [2.24, 2.45) is 0 Å². The lowest BCUT2D eigenvalue weighted by molar-refractivity contribution is -0.137. The molecule has 0 radical (unpaired) electrons. The van der Waals surface area contributed by atoms with Crippen LogP contribution in [-0.4, -0.2) is 18.7 Å². The van der Waals surface area contributed by atoms with E-state index in [4.69, 9.17) is 13.6 Å². The van der Waals surface area contributed by atoms with Crippen molar-refractivity contribution in [3.05, 3.63) is 53.9 Å². The Bertz CT molecular complexity index is 650. The zero-order valence-electron chi connectivity index (χ0n) is 13.2. The Balaban J connectivity index is 2.07. The second kappa shape index (κ2) is 8.53. The van der Waals surface area contributed by atoms with Gasteiger partial charge in [-0.2, -0.15) is 13.2 Å². The smallest absolute Gasteiger partial charge is 0.316 e. The Labute approximate surface area is 139 Å². The summed E-state index contributed by atoms with van der Waals surface area (Å²) < 4.78 is 54.0. The van der Waals surface area contributed by atoms with Crippen LogP contribution >= 0.6 is 8.60 Å². The molecule has 8 heteroatoms. The lowest BCUT2D eigenvalue weighted by Crippen LogP contribution is -2.04. The molecule has 0 aliphatic carbocycles. The van der Waals surface area contributed by atoms with Crippen LogP contribution in [0.2, 0.25) is 0 Å². The highest BCUT2D eigenvalue weighted by Gasteiger charge is 2.30. The van der Waals surface area contributed by atoms with Crippen molar-refractivity contribution in [2.45, 2.75) is 19.7 Å². The van der Waals surface area contributed by atoms with E-state index in [1.54, 1.807) is 18.2 Å². The Morgan fingerprint density at radius 2 is 1.88 bits per heavy atom. The summed E-state index contributed by atoms with van der Waals surface area (Å²) in [6.45, 7) is 2.50. The van der Waals surface area contributed by atoms with E-state index in [1.165, 1.54) is 19.4 Å². The summed E-state index contributed by atoms with van der Waals surface area (Å²) in [5.74, 6) is 0. The first-order valence-corrected chi connectivity index (χ1v) is 8.26. The molecular weight excluding hydrogens is 342 g/mol. The van der Waals surface area contributed by atoms with E-state index in [0.29, 0.717) is 23.4 Å². The van der Waals surface area contributed by atoms with Crippen LogP contribution in [0.5, 0.6) is 0 Å². The van der Waals surface area contributed by atoms with E-state index in [0.717, 1.165) is 12.1 Å². The summed E-state index contributed by atoms with van der Waals surface area (Å²) >= 11 is 0. The van der Waals surface area contributed by atoms with Crippen molar-refractivity contribution in [1.29, 1.82) is 0 Å². The third-order valence-electron chi connectivity index (χ3n) is 3.05. The number of hydrogen-bond acceptors (Lipinski definition) is 4. The molecule has 0 spiro atoms. The molecule has 1 atom stereocenters. The van der Waals surface area contributed by atoms with E-state index in [-0.39, 0.29) is 6.61 Å². The van der Waals surface area contributed by atoms with Gasteiger partial charge in [0.1, 0.15) is 0 Å². The maximum atomic E-state index is 12.8. The highest BCUT2D eigenvalue weighted by molar-refractivity contribution is 7.41. The van der Waals surface area contributed by atoms with E-state index < -0.39 is 20.3 Å². The summed E-state index contributed by atoms with van der Waals surface area (Å²) in [5, 5.41) is 0. The minimum atomic E-state index is -4.37. The number of nitrogens with zero attached hydrogens (tertiary/aromatic N) is 1. The number of halogens is 3. The molecule has 1 aromatic carbocycles. The normalized spacial score (nSPS) is 13.0. The van der Waals surface area contributed by atoms with Gasteiger partial charge in [-0.25, -0.2) is 0 Å². The fourth-order valence-electron chi connectivity index (χ4n) is 1.92. The number of rotatable bonds is 7. The molecule has 0 aliphatic heterocycles. The Morgan fingerprint density at radius 3 is 2.46 bits per heavy atom. The van der Waals surface area contributed by atoms with Gasteiger partial charge < -0.3 is 13.6 Å². The topological polar surface area (TPSA) is 40.6 Å². The Morgan fingerprint density at radius 1 is 1.08 bits per heavy atom. The molecule has 1 heterocycles. The average Bonchev–Trinajstić information content (AvgIpc) is 2.58. The monoisotopic (exact) mass is 359 g/mol. The van der Waals surface area contributed by atoms with Gasteiger partial charge in [-0.15, -0.1) is 0 Å². The lowest BCUT2D eigenvalue weighted by Gasteiger charge is -2.13. The molecule has 0 saturated carbocycles. The largest absolute Gasteiger partial charge is 0.416 e. The van der Waals surface area contributed by atoms with Gasteiger partial charge in [0.15, 0.2) is 0 Å². The lowest BCUT2D eigenvalue weighted by atomic mass is 10.0. The first-order valence-electron chi connectivity index (χ1n) is 7.16. The second-order valence-electron chi connectivity index (χ2n) is 4.71. The number of alkyl halides is 3. The predicted molar refractivity (Wildman–Crippen MR) is 85.0 cm³/mol. The quantitative estimate of drug-likeness (QED) is 0.638. The molecular formula is C16H17F3NO3P. The second-order valence-corrected chi connectivity index (χ2v) is 6.04. The molecule has 130 valence electrons. The first-order chi connectivity index (χ1) is 11.4. The first kappa shape index (κ1) is 18.8. The van der Waals surface area contributed by atoms with Crippen LogP contribution < -0.4 is 0 Å². The Kier molecular flexibility index (Phi) is 6.69. The molecule has 24 heavy (non-hydrogen) atoms. The van der Waals surface area contributed by atoms with Gasteiger partial charge in [0.2, 0.25) is 0 Å². The fourth-order valence-corrected chi connectivity index (χ4v) is 2.66. The van der Waals surface area contributed by atoms with E-state index in [1.807, 2.05) is 6.92 Å². The van der Waals surface area contributed by atoms with Crippen molar-refractivity contribution >= 4 is 8.60 Å². The van der Waals surface area contributed by atoms with Crippen LogP contribution in [0.4, 0.5) is 13.2 Å². The van der Waals surface area contributed by atoms with Crippen molar-refractivity contribution < 1.29 is 26.7 Å². The van der Waals surface area contributed by atoms with E-state index in [9.17, 15) is 13.2 Å². The van der Waals surface area contributed by atoms with Crippen molar-refractivity contribution in [1.82, 2.24) is 4.98 Å². The van der Waals surface area contributed by atoms with Gasteiger partial charge in [0.25, 0.3) is 0 Å². The number of benzene rings is 1. The van der Waals surface area contributed by atoms with Crippen LogP contribution in [-0.2, 0) is 26.4 Å². The maximum absolute atomic E-state index is 12.8. The summed E-state index contributed by atoms with van der Waals surface area (Å²) in [6.07, 6.45) is -2.85. The number of pyridine rings is 1. The molecule has 0 aliphatic rings. The molecule has 0 bridgehead atoms. The van der Waals surface area contributed by atoms with E-state index >= 15 is 0 Å². The highest BCUT2D eigenvalue weighted by Crippen LogP contribution is 2.39. The maximum Gasteiger partial charge on any atom is 0.416 e. The molecule has 2 rings (SSSR count).